The zero-order chi connectivity index (χ0) is 19.4. The molecule has 2 rings (SSSR count). The van der Waals surface area contributed by atoms with Gasteiger partial charge >= 0.3 is 0 Å². The van der Waals surface area contributed by atoms with Gasteiger partial charge < -0.3 is 30.7 Å². The molecular weight excluding hydrogens is 380 g/mol. The minimum absolute atomic E-state index is 0.183. The topological polar surface area (TPSA) is 111 Å². The molecule has 2 fully saturated rings. The van der Waals surface area contributed by atoms with Crippen molar-refractivity contribution in [1.29, 1.82) is 0 Å². The van der Waals surface area contributed by atoms with Crippen molar-refractivity contribution in [3.63, 3.8) is 0 Å². The fourth-order valence-electron chi connectivity index (χ4n) is 3.66. The van der Waals surface area contributed by atoms with Gasteiger partial charge in [0.05, 0.1) is 17.5 Å². The molecule has 2 heterocycles. The Morgan fingerprint density at radius 3 is 2.62 bits per heavy atom. The number of rotatable bonds is 6. The number of hydrogen-bond donors (Lipinski definition) is 5. The standard InChI is InChI=1S/C17H31ClN2O5S/c1-4-9-5-6-19-10(7-9)16(24)20-11(8(2)18)15-13(22)12(21)14(23)17(25-15)26-3/h8-15,17,19,21-23H,4-7H2,1-3H3,(H,20,24)/t8-,9+,10-,11+,12-,13+,14+,15?,17+/m0/s1. The largest absolute Gasteiger partial charge is 0.388 e. The summed E-state index contributed by atoms with van der Waals surface area (Å²) in [5.74, 6) is 0.325. The third-order valence-electron chi connectivity index (χ3n) is 5.40. The normalized spacial score (nSPS) is 40.7. The van der Waals surface area contributed by atoms with Gasteiger partial charge in [-0.1, -0.05) is 13.3 Å². The molecule has 5 N–H and O–H groups in total. The minimum Gasteiger partial charge on any atom is -0.388 e. The van der Waals surface area contributed by atoms with Gasteiger partial charge in [-0.15, -0.1) is 23.4 Å². The molecule has 1 unspecified atom stereocenters. The molecule has 7 nitrogen and oxygen atoms in total. The molecule has 0 aliphatic carbocycles. The molecule has 2 saturated heterocycles. The Balaban J connectivity index is 2.09. The van der Waals surface area contributed by atoms with Gasteiger partial charge in [0.1, 0.15) is 29.9 Å². The average Bonchev–Trinajstić information content (AvgIpc) is 2.64. The molecule has 9 atom stereocenters. The van der Waals surface area contributed by atoms with Gasteiger partial charge in [0, 0.05) is 0 Å². The van der Waals surface area contributed by atoms with Crippen LogP contribution in [0.15, 0.2) is 0 Å². The van der Waals surface area contributed by atoms with Crippen LogP contribution in [0.1, 0.15) is 33.1 Å². The van der Waals surface area contributed by atoms with Crippen LogP contribution in [0.2, 0.25) is 0 Å². The Morgan fingerprint density at radius 2 is 2.04 bits per heavy atom. The lowest BCUT2D eigenvalue weighted by molar-refractivity contribution is -0.205. The summed E-state index contributed by atoms with van der Waals surface area (Å²) in [6, 6.07) is -1.00. The van der Waals surface area contributed by atoms with Crippen molar-refractivity contribution in [3.05, 3.63) is 0 Å². The number of aliphatic hydroxyl groups excluding tert-OH is 3. The van der Waals surface area contributed by atoms with E-state index in [0.29, 0.717) is 5.92 Å². The molecule has 9 heteroatoms. The second kappa shape index (κ2) is 9.91. The summed E-state index contributed by atoms with van der Waals surface area (Å²) in [5, 5.41) is 36.1. The monoisotopic (exact) mass is 410 g/mol. The van der Waals surface area contributed by atoms with E-state index in [9.17, 15) is 20.1 Å². The van der Waals surface area contributed by atoms with Crippen molar-refractivity contribution in [1.82, 2.24) is 10.6 Å². The molecular formula is C17H31ClN2O5S. The summed E-state index contributed by atoms with van der Waals surface area (Å²) >= 11 is 7.51. The third kappa shape index (κ3) is 5.04. The molecule has 152 valence electrons. The summed E-state index contributed by atoms with van der Waals surface area (Å²) in [6.07, 6.45) is -0.236. The molecule has 26 heavy (non-hydrogen) atoms. The Kier molecular flexibility index (Phi) is 8.46. The zero-order valence-corrected chi connectivity index (χ0v) is 17.0. The highest BCUT2D eigenvalue weighted by molar-refractivity contribution is 7.99. The van der Waals surface area contributed by atoms with Crippen molar-refractivity contribution >= 4 is 29.3 Å². The molecule has 2 aliphatic heterocycles. The first kappa shape index (κ1) is 22.2. The van der Waals surface area contributed by atoms with Gasteiger partial charge in [-0.05, 0) is 38.5 Å². The van der Waals surface area contributed by atoms with Crippen molar-refractivity contribution in [3.8, 4) is 0 Å². The molecule has 1 amide bonds. The van der Waals surface area contributed by atoms with Crippen LogP contribution >= 0.6 is 23.4 Å². The number of carbonyl (C=O) groups excluding carboxylic acids is 1. The molecule has 0 aromatic rings. The maximum atomic E-state index is 12.7. The maximum absolute atomic E-state index is 12.7. The summed E-state index contributed by atoms with van der Waals surface area (Å²) in [6.45, 7) is 4.62. The third-order valence-corrected chi connectivity index (χ3v) is 6.53. The summed E-state index contributed by atoms with van der Waals surface area (Å²) in [4.78, 5) is 12.7. The highest BCUT2D eigenvalue weighted by Crippen LogP contribution is 2.30. The Labute approximate surface area is 164 Å². The zero-order valence-electron chi connectivity index (χ0n) is 15.5. The minimum atomic E-state index is -1.36. The van der Waals surface area contributed by atoms with Crippen LogP contribution in [-0.2, 0) is 9.53 Å². The number of ether oxygens (including phenoxy) is 1. The van der Waals surface area contributed by atoms with Gasteiger partial charge in [-0.3, -0.25) is 4.79 Å². The molecule has 0 bridgehead atoms. The van der Waals surface area contributed by atoms with E-state index in [1.165, 1.54) is 11.8 Å². The van der Waals surface area contributed by atoms with E-state index in [1.54, 1.807) is 13.2 Å². The quantitative estimate of drug-likeness (QED) is 0.393. The van der Waals surface area contributed by atoms with E-state index in [4.69, 9.17) is 16.3 Å². The van der Waals surface area contributed by atoms with Gasteiger partial charge in [0.15, 0.2) is 0 Å². The van der Waals surface area contributed by atoms with Crippen LogP contribution in [0.4, 0.5) is 0 Å². The highest BCUT2D eigenvalue weighted by Gasteiger charge is 2.48. The van der Waals surface area contributed by atoms with Crippen LogP contribution in [0.3, 0.4) is 0 Å². The number of nitrogens with one attached hydrogen (secondary N) is 2. The second-order valence-electron chi connectivity index (χ2n) is 7.19. The number of alkyl halides is 1. The lowest BCUT2D eigenvalue weighted by atomic mass is 9.89. The maximum Gasteiger partial charge on any atom is 0.237 e. The SMILES string of the molecule is CC[C@@H]1CCN[C@H](C(=O)N[C@@H](C2O[C@H](SC)[C@H](O)[C@@H](O)[C@H]2O)[C@H](C)Cl)C1. The van der Waals surface area contributed by atoms with Gasteiger partial charge in [0.25, 0.3) is 0 Å². The first-order chi connectivity index (χ1) is 12.3. The smallest absolute Gasteiger partial charge is 0.237 e. The van der Waals surface area contributed by atoms with Crippen LogP contribution in [0, 0.1) is 5.92 Å². The molecule has 0 aromatic carbocycles. The van der Waals surface area contributed by atoms with Crippen LogP contribution in [0.25, 0.3) is 0 Å². The second-order valence-corrected chi connectivity index (χ2v) is 8.82. The highest BCUT2D eigenvalue weighted by atomic mass is 35.5. The molecule has 0 aromatic heterocycles. The lowest BCUT2D eigenvalue weighted by Crippen LogP contribution is -2.65. The molecule has 0 radical (unpaired) electrons. The number of carbonyl (C=O) groups is 1. The van der Waals surface area contributed by atoms with Crippen LogP contribution in [0.5, 0.6) is 0 Å². The number of hydrogen-bond acceptors (Lipinski definition) is 7. The number of thioether (sulfide) groups is 1. The fraction of sp³-hybridized carbons (Fsp3) is 0.941. The van der Waals surface area contributed by atoms with Crippen molar-refractivity contribution in [2.45, 2.75) is 80.4 Å². The van der Waals surface area contributed by atoms with Gasteiger partial charge in [-0.2, -0.15) is 0 Å². The molecule has 0 saturated carbocycles. The average molecular weight is 411 g/mol. The van der Waals surface area contributed by atoms with Crippen molar-refractivity contribution in [2.75, 3.05) is 12.8 Å². The van der Waals surface area contributed by atoms with E-state index >= 15 is 0 Å². The van der Waals surface area contributed by atoms with Crippen molar-refractivity contribution < 1.29 is 24.9 Å². The molecule has 2 aliphatic rings. The molecule has 0 spiro atoms. The van der Waals surface area contributed by atoms with E-state index in [0.717, 1.165) is 25.8 Å². The van der Waals surface area contributed by atoms with E-state index < -0.39 is 41.3 Å². The summed E-state index contributed by atoms with van der Waals surface area (Å²) in [7, 11) is 0. The lowest BCUT2D eigenvalue weighted by Gasteiger charge is -2.44. The first-order valence-corrected chi connectivity index (χ1v) is 10.9. The summed E-state index contributed by atoms with van der Waals surface area (Å²) < 4.78 is 5.77. The Bertz CT molecular complexity index is 470. The Hall–Kier alpha value is -0.0900. The number of aliphatic hydroxyl groups is 3. The summed E-state index contributed by atoms with van der Waals surface area (Å²) in [5.41, 5.74) is -0.703. The van der Waals surface area contributed by atoms with Crippen molar-refractivity contribution in [2.24, 2.45) is 5.92 Å². The van der Waals surface area contributed by atoms with E-state index in [1.807, 2.05) is 0 Å². The van der Waals surface area contributed by atoms with Gasteiger partial charge in [0.2, 0.25) is 5.91 Å². The van der Waals surface area contributed by atoms with E-state index in [2.05, 4.69) is 17.6 Å². The number of halogens is 1. The number of amides is 1. The predicted molar refractivity (Wildman–Crippen MR) is 102 cm³/mol. The van der Waals surface area contributed by atoms with Gasteiger partial charge in [-0.25, -0.2) is 0 Å². The number of piperidine rings is 1. The van der Waals surface area contributed by atoms with E-state index in [-0.39, 0.29) is 11.9 Å². The van der Waals surface area contributed by atoms with Crippen LogP contribution < -0.4 is 10.6 Å². The first-order valence-electron chi connectivity index (χ1n) is 9.20. The fourth-order valence-corrected chi connectivity index (χ4v) is 4.54. The Morgan fingerprint density at radius 1 is 1.35 bits per heavy atom. The predicted octanol–water partition coefficient (Wildman–Crippen LogP) is 0.0473. The van der Waals surface area contributed by atoms with Crippen LogP contribution in [-0.4, -0.2) is 81.3 Å².